The Hall–Kier alpha value is -1.03. The molecule has 2 N–H and O–H groups in total. The van der Waals surface area contributed by atoms with E-state index in [0.717, 1.165) is 17.1 Å². The first-order valence-electron chi connectivity index (χ1n) is 4.79. The Labute approximate surface area is 104 Å². The number of benzene rings is 1. The van der Waals surface area contributed by atoms with Crippen LogP contribution in [0.5, 0.6) is 0 Å². The minimum absolute atomic E-state index is 0.453. The smallest absolute Gasteiger partial charge is 0.141 e. The molecular formula is C11H11Cl2N3. The van der Waals surface area contributed by atoms with Crippen molar-refractivity contribution in [2.45, 2.75) is 6.54 Å². The first-order valence-corrected chi connectivity index (χ1v) is 5.55. The molecule has 84 valence electrons. The fraction of sp³-hybridized carbons (Fsp3) is 0.182. The molecule has 16 heavy (non-hydrogen) atoms. The number of nitrogens with zero attached hydrogens (tertiary/aromatic N) is 2. The van der Waals surface area contributed by atoms with Crippen molar-refractivity contribution >= 4 is 23.2 Å². The quantitative estimate of drug-likeness (QED) is 0.897. The first-order chi connectivity index (χ1) is 7.63. The van der Waals surface area contributed by atoms with Gasteiger partial charge in [0.05, 0.1) is 16.9 Å². The molecule has 0 spiro atoms. The van der Waals surface area contributed by atoms with Crippen molar-refractivity contribution in [3.8, 4) is 11.4 Å². The Balaban J connectivity index is 2.54. The van der Waals surface area contributed by atoms with Gasteiger partial charge in [0.2, 0.25) is 0 Å². The fourth-order valence-electron chi connectivity index (χ4n) is 1.56. The standard InChI is InChI=1S/C11H11Cl2N3/c1-16-8(5-14)6-15-11(16)9-3-2-7(12)4-10(9)13/h2-4,6H,5,14H2,1H3. The lowest BCUT2D eigenvalue weighted by Crippen LogP contribution is -2.04. The maximum atomic E-state index is 6.12. The Morgan fingerprint density at radius 1 is 1.38 bits per heavy atom. The molecule has 0 amide bonds. The average Bonchev–Trinajstić information content (AvgIpc) is 2.60. The molecule has 1 aromatic carbocycles. The minimum atomic E-state index is 0.453. The van der Waals surface area contributed by atoms with Gasteiger partial charge < -0.3 is 10.3 Å². The van der Waals surface area contributed by atoms with Crippen LogP contribution < -0.4 is 5.73 Å². The van der Waals surface area contributed by atoms with Crippen LogP contribution in [0.3, 0.4) is 0 Å². The van der Waals surface area contributed by atoms with Crippen molar-refractivity contribution in [1.82, 2.24) is 9.55 Å². The van der Waals surface area contributed by atoms with Crippen LogP contribution >= 0.6 is 23.2 Å². The van der Waals surface area contributed by atoms with Crippen LogP contribution in [-0.4, -0.2) is 9.55 Å². The summed E-state index contributed by atoms with van der Waals surface area (Å²) >= 11 is 12.0. The summed E-state index contributed by atoms with van der Waals surface area (Å²) in [4.78, 5) is 4.30. The summed E-state index contributed by atoms with van der Waals surface area (Å²) < 4.78 is 1.93. The third kappa shape index (κ3) is 1.94. The van der Waals surface area contributed by atoms with Crippen LogP contribution in [0.4, 0.5) is 0 Å². The lowest BCUT2D eigenvalue weighted by molar-refractivity contribution is 0.828. The number of nitrogens with two attached hydrogens (primary N) is 1. The molecule has 0 aliphatic carbocycles. The summed E-state index contributed by atoms with van der Waals surface area (Å²) in [6.07, 6.45) is 1.75. The molecular weight excluding hydrogens is 245 g/mol. The van der Waals surface area contributed by atoms with Crippen LogP contribution in [0, 0.1) is 0 Å². The fourth-order valence-corrected chi connectivity index (χ4v) is 2.05. The predicted octanol–water partition coefficient (Wildman–Crippen LogP) is 2.85. The Morgan fingerprint density at radius 2 is 2.12 bits per heavy atom. The summed E-state index contributed by atoms with van der Waals surface area (Å²) in [5.74, 6) is 0.794. The Bertz CT molecular complexity index is 520. The number of hydrogen-bond acceptors (Lipinski definition) is 2. The zero-order valence-electron chi connectivity index (χ0n) is 8.74. The van der Waals surface area contributed by atoms with Crippen LogP contribution in [0.15, 0.2) is 24.4 Å². The molecule has 1 aromatic heterocycles. The Kier molecular flexibility index (Phi) is 3.19. The summed E-state index contributed by atoms with van der Waals surface area (Å²) in [7, 11) is 1.91. The number of rotatable bonds is 2. The number of hydrogen-bond donors (Lipinski definition) is 1. The summed E-state index contributed by atoms with van der Waals surface area (Å²) in [6, 6.07) is 5.35. The molecule has 0 bridgehead atoms. The molecule has 0 atom stereocenters. The van der Waals surface area contributed by atoms with E-state index in [4.69, 9.17) is 28.9 Å². The van der Waals surface area contributed by atoms with Crippen LogP contribution in [0.1, 0.15) is 5.69 Å². The second kappa shape index (κ2) is 4.45. The van der Waals surface area contributed by atoms with E-state index in [1.54, 1.807) is 18.3 Å². The van der Waals surface area contributed by atoms with E-state index in [1.165, 1.54) is 0 Å². The topological polar surface area (TPSA) is 43.8 Å². The van der Waals surface area contributed by atoms with E-state index in [2.05, 4.69) is 4.98 Å². The monoisotopic (exact) mass is 255 g/mol. The molecule has 0 aliphatic heterocycles. The molecule has 0 saturated heterocycles. The third-order valence-corrected chi connectivity index (χ3v) is 3.01. The van der Waals surface area contributed by atoms with Crippen LogP contribution in [-0.2, 0) is 13.6 Å². The number of aromatic nitrogens is 2. The minimum Gasteiger partial charge on any atom is -0.330 e. The zero-order valence-corrected chi connectivity index (χ0v) is 10.3. The highest BCUT2D eigenvalue weighted by Crippen LogP contribution is 2.29. The molecule has 1 heterocycles. The largest absolute Gasteiger partial charge is 0.330 e. The van der Waals surface area contributed by atoms with Crippen molar-refractivity contribution in [2.24, 2.45) is 12.8 Å². The van der Waals surface area contributed by atoms with Gasteiger partial charge >= 0.3 is 0 Å². The molecule has 0 fully saturated rings. The van der Waals surface area contributed by atoms with E-state index in [1.807, 2.05) is 17.7 Å². The van der Waals surface area contributed by atoms with E-state index >= 15 is 0 Å². The van der Waals surface area contributed by atoms with Crippen molar-refractivity contribution < 1.29 is 0 Å². The molecule has 0 radical (unpaired) electrons. The van der Waals surface area contributed by atoms with Gasteiger partial charge in [0.15, 0.2) is 0 Å². The van der Waals surface area contributed by atoms with Gasteiger partial charge in [0.1, 0.15) is 5.82 Å². The van der Waals surface area contributed by atoms with Gasteiger partial charge in [0.25, 0.3) is 0 Å². The van der Waals surface area contributed by atoms with Gasteiger partial charge in [0, 0.05) is 24.2 Å². The van der Waals surface area contributed by atoms with Crippen LogP contribution in [0.2, 0.25) is 10.0 Å². The van der Waals surface area contributed by atoms with E-state index in [-0.39, 0.29) is 0 Å². The normalized spacial score (nSPS) is 10.8. The zero-order chi connectivity index (χ0) is 11.7. The van der Waals surface area contributed by atoms with E-state index in [9.17, 15) is 0 Å². The second-order valence-corrected chi connectivity index (χ2v) is 4.30. The highest BCUT2D eigenvalue weighted by atomic mass is 35.5. The van der Waals surface area contributed by atoms with Gasteiger partial charge in [-0.15, -0.1) is 0 Å². The molecule has 2 aromatic rings. The molecule has 2 rings (SSSR count). The number of halogens is 2. The molecule has 0 aliphatic rings. The third-order valence-electron chi connectivity index (χ3n) is 2.47. The molecule has 5 heteroatoms. The summed E-state index contributed by atoms with van der Waals surface area (Å²) in [5, 5.41) is 1.20. The second-order valence-electron chi connectivity index (χ2n) is 3.46. The van der Waals surface area contributed by atoms with Crippen molar-refractivity contribution in [3.63, 3.8) is 0 Å². The maximum Gasteiger partial charge on any atom is 0.141 e. The highest BCUT2D eigenvalue weighted by molar-refractivity contribution is 6.36. The van der Waals surface area contributed by atoms with Gasteiger partial charge in [-0.3, -0.25) is 0 Å². The maximum absolute atomic E-state index is 6.12. The predicted molar refractivity (Wildman–Crippen MR) is 66.6 cm³/mol. The van der Waals surface area contributed by atoms with Gasteiger partial charge in [-0.05, 0) is 18.2 Å². The summed E-state index contributed by atoms with van der Waals surface area (Å²) in [5.41, 5.74) is 7.40. The lowest BCUT2D eigenvalue weighted by atomic mass is 10.2. The van der Waals surface area contributed by atoms with E-state index in [0.29, 0.717) is 16.6 Å². The Morgan fingerprint density at radius 3 is 2.69 bits per heavy atom. The van der Waals surface area contributed by atoms with Gasteiger partial charge in [-0.1, -0.05) is 23.2 Å². The molecule has 3 nitrogen and oxygen atoms in total. The first kappa shape index (κ1) is 11.5. The molecule has 0 unspecified atom stereocenters. The van der Waals surface area contributed by atoms with Gasteiger partial charge in [-0.25, -0.2) is 4.98 Å². The van der Waals surface area contributed by atoms with Gasteiger partial charge in [-0.2, -0.15) is 0 Å². The number of imidazole rings is 1. The van der Waals surface area contributed by atoms with Crippen LogP contribution in [0.25, 0.3) is 11.4 Å². The average molecular weight is 256 g/mol. The van der Waals surface area contributed by atoms with Crippen molar-refractivity contribution in [3.05, 3.63) is 40.1 Å². The molecule has 0 saturated carbocycles. The van der Waals surface area contributed by atoms with E-state index < -0.39 is 0 Å². The lowest BCUT2D eigenvalue weighted by Gasteiger charge is -2.06. The van der Waals surface area contributed by atoms with Crippen molar-refractivity contribution in [1.29, 1.82) is 0 Å². The highest BCUT2D eigenvalue weighted by Gasteiger charge is 2.11. The SMILES string of the molecule is Cn1c(CN)cnc1-c1ccc(Cl)cc1Cl. The summed E-state index contributed by atoms with van der Waals surface area (Å²) in [6.45, 7) is 0.453. The van der Waals surface area contributed by atoms with Crippen molar-refractivity contribution in [2.75, 3.05) is 0 Å².